The third-order valence-electron chi connectivity index (χ3n) is 6.47. The van der Waals surface area contributed by atoms with Crippen LogP contribution < -0.4 is 16.0 Å². The smallest absolute Gasteiger partial charge is 0.243 e. The van der Waals surface area contributed by atoms with Gasteiger partial charge < -0.3 is 31.3 Å². The molecule has 0 heterocycles. The molecule has 0 saturated heterocycles. The number of aromatic hydroxyl groups is 2. The molecule has 3 aromatic carbocycles. The summed E-state index contributed by atoms with van der Waals surface area (Å²) in [7, 11) is 0. The zero-order valence-corrected chi connectivity index (χ0v) is 22.7. The highest BCUT2D eigenvalue weighted by molar-refractivity contribution is 5.92. The largest absolute Gasteiger partial charge is 0.508 e. The summed E-state index contributed by atoms with van der Waals surface area (Å²) >= 11 is 0. The van der Waals surface area contributed by atoms with Crippen molar-refractivity contribution < 1.29 is 29.7 Å². The molecule has 3 amide bonds. The number of carbonyl (C=O) groups excluding carboxylic acids is 3. The molecule has 0 spiro atoms. The standard InChI is InChI=1S/C31H37N3O6/c1-20(2)29(31(40)32-24(19-35)16-22-8-12-25(36)13-9-22)34-30(39)27(17-23-10-14-26(37)15-11-23)33-28(38)18-21-6-4-3-5-7-21/h3-15,20,24,27,29,35-37H,16-19H2,1-2H3,(H,32,40)(H,33,38)(H,34,39)/t24-,27-,29-/m0/s1. The second-order valence-electron chi connectivity index (χ2n) is 10.1. The molecule has 3 aromatic rings. The Kier molecular flexibility index (Phi) is 11.1. The van der Waals surface area contributed by atoms with Crippen LogP contribution in [-0.4, -0.2) is 57.8 Å². The summed E-state index contributed by atoms with van der Waals surface area (Å²) in [5, 5.41) is 37.4. The van der Waals surface area contributed by atoms with Crippen molar-refractivity contribution in [1.29, 1.82) is 0 Å². The lowest BCUT2D eigenvalue weighted by Gasteiger charge is -2.27. The second-order valence-corrected chi connectivity index (χ2v) is 10.1. The number of phenolic OH excluding ortho intramolecular Hbond substituents is 2. The van der Waals surface area contributed by atoms with Crippen LogP contribution in [0.15, 0.2) is 78.9 Å². The van der Waals surface area contributed by atoms with E-state index in [1.165, 1.54) is 24.3 Å². The molecule has 212 valence electrons. The molecule has 0 aliphatic carbocycles. The fourth-order valence-corrected chi connectivity index (χ4v) is 4.26. The third-order valence-corrected chi connectivity index (χ3v) is 6.47. The van der Waals surface area contributed by atoms with Crippen molar-refractivity contribution in [2.45, 2.75) is 51.2 Å². The Hall–Kier alpha value is -4.37. The molecule has 0 unspecified atom stereocenters. The average molecular weight is 548 g/mol. The number of hydrogen-bond acceptors (Lipinski definition) is 6. The lowest BCUT2D eigenvalue weighted by atomic mass is 9.99. The number of rotatable bonds is 13. The summed E-state index contributed by atoms with van der Waals surface area (Å²) in [5.41, 5.74) is 2.34. The second kappa shape index (κ2) is 14.7. The Morgan fingerprint density at radius 1 is 0.675 bits per heavy atom. The topological polar surface area (TPSA) is 148 Å². The molecule has 0 saturated carbocycles. The minimum atomic E-state index is -0.972. The predicted molar refractivity (Wildman–Crippen MR) is 151 cm³/mol. The predicted octanol–water partition coefficient (Wildman–Crippen LogP) is 2.23. The third kappa shape index (κ3) is 9.43. The fourth-order valence-electron chi connectivity index (χ4n) is 4.26. The highest BCUT2D eigenvalue weighted by Crippen LogP contribution is 2.14. The lowest BCUT2D eigenvalue weighted by molar-refractivity contribution is -0.133. The van der Waals surface area contributed by atoms with Gasteiger partial charge in [0.2, 0.25) is 17.7 Å². The molecule has 9 heteroatoms. The number of aliphatic hydroxyl groups excluding tert-OH is 1. The van der Waals surface area contributed by atoms with Gasteiger partial charge in [-0.05, 0) is 53.3 Å². The van der Waals surface area contributed by atoms with Crippen LogP contribution in [0.3, 0.4) is 0 Å². The van der Waals surface area contributed by atoms with Crippen molar-refractivity contribution in [3.05, 3.63) is 95.6 Å². The number of phenols is 2. The fraction of sp³-hybridized carbons (Fsp3) is 0.323. The van der Waals surface area contributed by atoms with Crippen LogP contribution in [-0.2, 0) is 33.6 Å². The van der Waals surface area contributed by atoms with E-state index in [9.17, 15) is 29.7 Å². The molecule has 0 bridgehead atoms. The van der Waals surface area contributed by atoms with Crippen molar-refractivity contribution in [2.75, 3.05) is 6.61 Å². The van der Waals surface area contributed by atoms with Gasteiger partial charge in [-0.2, -0.15) is 0 Å². The van der Waals surface area contributed by atoms with Gasteiger partial charge in [-0.1, -0.05) is 68.4 Å². The van der Waals surface area contributed by atoms with Gasteiger partial charge in [-0.25, -0.2) is 0 Å². The molecule has 6 N–H and O–H groups in total. The SMILES string of the molecule is CC(C)[C@H](NC(=O)[C@H](Cc1ccc(O)cc1)NC(=O)Cc1ccccc1)C(=O)N[C@H](CO)Cc1ccc(O)cc1. The van der Waals surface area contributed by atoms with E-state index in [0.717, 1.165) is 16.7 Å². The van der Waals surface area contributed by atoms with Crippen LogP contribution >= 0.6 is 0 Å². The van der Waals surface area contributed by atoms with E-state index < -0.39 is 29.9 Å². The van der Waals surface area contributed by atoms with Gasteiger partial charge >= 0.3 is 0 Å². The van der Waals surface area contributed by atoms with Crippen LogP contribution in [0.2, 0.25) is 0 Å². The Balaban J connectivity index is 1.71. The molecule has 40 heavy (non-hydrogen) atoms. The summed E-state index contributed by atoms with van der Waals surface area (Å²) in [4.78, 5) is 39.5. The summed E-state index contributed by atoms with van der Waals surface area (Å²) in [6.07, 6.45) is 0.573. The number of aliphatic hydroxyl groups is 1. The van der Waals surface area contributed by atoms with Gasteiger partial charge in [0.05, 0.1) is 19.1 Å². The molecule has 0 aromatic heterocycles. The van der Waals surface area contributed by atoms with E-state index in [2.05, 4.69) is 16.0 Å². The van der Waals surface area contributed by atoms with E-state index in [1.54, 1.807) is 38.1 Å². The first kappa shape index (κ1) is 30.2. The van der Waals surface area contributed by atoms with Crippen LogP contribution in [0.4, 0.5) is 0 Å². The number of hydrogen-bond donors (Lipinski definition) is 6. The van der Waals surface area contributed by atoms with Crippen LogP contribution in [0.5, 0.6) is 11.5 Å². The summed E-state index contributed by atoms with van der Waals surface area (Å²) in [6.45, 7) is 3.27. The Morgan fingerprint density at radius 3 is 1.75 bits per heavy atom. The lowest BCUT2D eigenvalue weighted by Crippen LogP contribution is -2.57. The molecule has 0 fully saturated rings. The zero-order valence-electron chi connectivity index (χ0n) is 22.7. The Labute approximate surface area is 234 Å². The van der Waals surface area contributed by atoms with E-state index in [1.807, 2.05) is 30.3 Å². The summed E-state index contributed by atoms with van der Waals surface area (Å²) < 4.78 is 0. The minimum Gasteiger partial charge on any atom is -0.508 e. The number of amides is 3. The Bertz CT molecular complexity index is 1250. The minimum absolute atomic E-state index is 0.0835. The maximum absolute atomic E-state index is 13.5. The maximum atomic E-state index is 13.5. The first-order valence-corrected chi connectivity index (χ1v) is 13.2. The number of carbonyl (C=O) groups is 3. The quantitative estimate of drug-likeness (QED) is 0.193. The van der Waals surface area contributed by atoms with E-state index in [-0.39, 0.29) is 42.8 Å². The maximum Gasteiger partial charge on any atom is 0.243 e. The highest BCUT2D eigenvalue weighted by Gasteiger charge is 2.30. The van der Waals surface area contributed by atoms with Crippen LogP contribution in [0.1, 0.15) is 30.5 Å². The van der Waals surface area contributed by atoms with Crippen molar-refractivity contribution in [2.24, 2.45) is 5.92 Å². The van der Waals surface area contributed by atoms with Crippen molar-refractivity contribution in [3.63, 3.8) is 0 Å². The van der Waals surface area contributed by atoms with Gasteiger partial charge in [0.25, 0.3) is 0 Å². The van der Waals surface area contributed by atoms with Gasteiger partial charge in [-0.15, -0.1) is 0 Å². The molecule has 3 atom stereocenters. The summed E-state index contributed by atoms with van der Waals surface area (Å²) in [5.74, 6) is -1.41. The molecular formula is C31H37N3O6. The van der Waals surface area contributed by atoms with Crippen molar-refractivity contribution in [3.8, 4) is 11.5 Å². The van der Waals surface area contributed by atoms with E-state index in [4.69, 9.17) is 0 Å². The molecular weight excluding hydrogens is 510 g/mol. The Morgan fingerprint density at radius 2 is 1.23 bits per heavy atom. The van der Waals surface area contributed by atoms with Crippen LogP contribution in [0, 0.1) is 5.92 Å². The van der Waals surface area contributed by atoms with Gasteiger partial charge in [0, 0.05) is 6.42 Å². The molecule has 0 radical (unpaired) electrons. The van der Waals surface area contributed by atoms with Gasteiger partial charge in [0.15, 0.2) is 0 Å². The van der Waals surface area contributed by atoms with Crippen molar-refractivity contribution in [1.82, 2.24) is 16.0 Å². The molecule has 0 aliphatic rings. The van der Waals surface area contributed by atoms with Crippen LogP contribution in [0.25, 0.3) is 0 Å². The number of nitrogens with one attached hydrogen (secondary N) is 3. The monoisotopic (exact) mass is 547 g/mol. The van der Waals surface area contributed by atoms with Crippen molar-refractivity contribution >= 4 is 17.7 Å². The first-order valence-electron chi connectivity index (χ1n) is 13.2. The van der Waals surface area contributed by atoms with E-state index >= 15 is 0 Å². The zero-order chi connectivity index (χ0) is 29.1. The van der Waals surface area contributed by atoms with Gasteiger partial charge in [-0.3, -0.25) is 14.4 Å². The number of benzene rings is 3. The summed E-state index contributed by atoms with van der Waals surface area (Å²) in [6, 6.07) is 19.5. The molecule has 9 nitrogen and oxygen atoms in total. The first-order chi connectivity index (χ1) is 19.1. The van der Waals surface area contributed by atoms with E-state index in [0.29, 0.717) is 6.42 Å². The normalized spacial score (nSPS) is 13.2. The average Bonchev–Trinajstić information content (AvgIpc) is 2.93. The van der Waals surface area contributed by atoms with Gasteiger partial charge in [0.1, 0.15) is 23.6 Å². The highest BCUT2D eigenvalue weighted by atomic mass is 16.3. The molecule has 3 rings (SSSR count). The molecule has 0 aliphatic heterocycles.